The fourth-order valence-corrected chi connectivity index (χ4v) is 2.85. The van der Waals surface area contributed by atoms with Gasteiger partial charge in [-0.1, -0.05) is 12.7 Å². The Balaban J connectivity index is 3.30. The molecule has 0 aromatic carbocycles. The van der Waals surface area contributed by atoms with Crippen LogP contribution in [0.15, 0.2) is 12.7 Å². The Morgan fingerprint density at radius 2 is 1.57 bits per heavy atom. The first-order valence-corrected chi connectivity index (χ1v) is 8.94. The third-order valence-corrected chi connectivity index (χ3v) is 3.84. The molecule has 168 valence electrons. The first-order chi connectivity index (χ1) is 14.0. The zero-order valence-corrected chi connectivity index (χ0v) is 16.8. The zero-order chi connectivity index (χ0) is 22.8. The second kappa shape index (κ2) is 11.8. The number of alkyl carbamates (subject to hydrolysis) is 1. The van der Waals surface area contributed by atoms with Crippen LogP contribution in [-0.2, 0) is 42.9 Å². The van der Waals surface area contributed by atoms with Gasteiger partial charge in [0, 0.05) is 20.8 Å². The number of nitrogens with one attached hydrogen (secondary N) is 1. The van der Waals surface area contributed by atoms with Gasteiger partial charge >= 0.3 is 30.0 Å². The standard InChI is InChI=1S/C18H25NO11/c1-5-6-26-18(25)19-15-12(7-14(23)24)30-13(8-27-9(2)20)16(28-10(3)21)17(15)29-11(4)22/h5,12-13,15-17H,1,6-8H2,2-4H3,(H,19,25)(H,23,24)/t12-,13+,15-,16+,17+/m0/s1. The minimum Gasteiger partial charge on any atom is -0.481 e. The monoisotopic (exact) mass is 431 g/mol. The summed E-state index contributed by atoms with van der Waals surface area (Å²) in [6, 6.07) is -1.25. The van der Waals surface area contributed by atoms with Gasteiger partial charge in [0.25, 0.3) is 0 Å². The lowest BCUT2D eigenvalue weighted by Crippen LogP contribution is -2.66. The van der Waals surface area contributed by atoms with E-state index >= 15 is 0 Å². The van der Waals surface area contributed by atoms with Crippen molar-refractivity contribution in [1.82, 2.24) is 5.32 Å². The van der Waals surface area contributed by atoms with Crippen molar-refractivity contribution in [2.75, 3.05) is 13.2 Å². The van der Waals surface area contributed by atoms with Crippen molar-refractivity contribution in [2.24, 2.45) is 0 Å². The molecule has 2 N–H and O–H groups in total. The van der Waals surface area contributed by atoms with E-state index in [0.717, 1.165) is 20.8 Å². The van der Waals surface area contributed by atoms with Crippen molar-refractivity contribution >= 4 is 30.0 Å². The number of ether oxygens (including phenoxy) is 5. The molecule has 0 spiro atoms. The lowest BCUT2D eigenvalue weighted by Gasteiger charge is -2.44. The van der Waals surface area contributed by atoms with E-state index in [1.165, 1.54) is 6.08 Å². The lowest BCUT2D eigenvalue weighted by atomic mass is 9.90. The minimum atomic E-state index is -1.35. The van der Waals surface area contributed by atoms with Gasteiger partial charge in [-0.3, -0.25) is 19.2 Å². The molecule has 0 radical (unpaired) electrons. The van der Waals surface area contributed by atoms with Gasteiger partial charge in [-0.25, -0.2) is 4.79 Å². The molecule has 1 rings (SSSR count). The minimum absolute atomic E-state index is 0.135. The average molecular weight is 431 g/mol. The first-order valence-electron chi connectivity index (χ1n) is 8.94. The molecule has 1 aliphatic heterocycles. The summed E-state index contributed by atoms with van der Waals surface area (Å²) >= 11 is 0. The van der Waals surface area contributed by atoms with Gasteiger partial charge in [0.05, 0.1) is 18.6 Å². The number of esters is 3. The molecule has 0 aromatic rings. The van der Waals surface area contributed by atoms with Crippen LogP contribution < -0.4 is 5.32 Å². The van der Waals surface area contributed by atoms with E-state index in [4.69, 9.17) is 23.7 Å². The second-order valence-corrected chi connectivity index (χ2v) is 6.32. The second-order valence-electron chi connectivity index (χ2n) is 6.32. The molecule has 1 fully saturated rings. The van der Waals surface area contributed by atoms with Crippen molar-refractivity contribution in [3.63, 3.8) is 0 Å². The van der Waals surface area contributed by atoms with Crippen LogP contribution in [0.3, 0.4) is 0 Å². The van der Waals surface area contributed by atoms with Gasteiger partial charge in [0.15, 0.2) is 12.2 Å². The fraction of sp³-hybridized carbons (Fsp3) is 0.611. The highest BCUT2D eigenvalue weighted by Gasteiger charge is 2.51. The molecule has 1 saturated heterocycles. The third kappa shape index (κ3) is 8.07. The molecule has 0 bridgehead atoms. The Morgan fingerprint density at radius 1 is 0.967 bits per heavy atom. The van der Waals surface area contributed by atoms with Gasteiger partial charge < -0.3 is 34.1 Å². The van der Waals surface area contributed by atoms with Crippen molar-refractivity contribution in [3.05, 3.63) is 12.7 Å². The van der Waals surface area contributed by atoms with E-state index in [-0.39, 0.29) is 6.61 Å². The highest BCUT2D eigenvalue weighted by molar-refractivity contribution is 5.71. The third-order valence-electron chi connectivity index (χ3n) is 3.84. The summed E-state index contributed by atoms with van der Waals surface area (Å²) < 4.78 is 25.9. The number of hydrogen-bond donors (Lipinski definition) is 2. The number of rotatable bonds is 9. The summed E-state index contributed by atoms with van der Waals surface area (Å²) in [6.07, 6.45) is -5.29. The van der Waals surface area contributed by atoms with Crippen molar-refractivity contribution < 1.29 is 52.8 Å². The predicted octanol–water partition coefficient (Wildman–Crippen LogP) is -0.0642. The average Bonchev–Trinajstić information content (AvgIpc) is 2.62. The Bertz CT molecular complexity index is 677. The molecule has 12 nitrogen and oxygen atoms in total. The number of aliphatic carboxylic acids is 1. The molecular weight excluding hydrogens is 406 g/mol. The Labute approximate surface area is 172 Å². The van der Waals surface area contributed by atoms with Gasteiger partial charge in [0.1, 0.15) is 19.3 Å². The molecule has 0 saturated carbocycles. The molecule has 0 aliphatic carbocycles. The zero-order valence-electron chi connectivity index (χ0n) is 16.8. The number of carbonyl (C=O) groups excluding carboxylic acids is 4. The lowest BCUT2D eigenvalue weighted by molar-refractivity contribution is -0.224. The van der Waals surface area contributed by atoms with Gasteiger partial charge in [-0.15, -0.1) is 0 Å². The maximum Gasteiger partial charge on any atom is 0.407 e. The van der Waals surface area contributed by atoms with Crippen molar-refractivity contribution in [1.29, 1.82) is 0 Å². The highest BCUT2D eigenvalue weighted by Crippen LogP contribution is 2.29. The fourth-order valence-electron chi connectivity index (χ4n) is 2.85. The Morgan fingerprint density at radius 3 is 2.07 bits per heavy atom. The maximum atomic E-state index is 12.1. The molecule has 0 unspecified atom stereocenters. The van der Waals surface area contributed by atoms with Gasteiger partial charge in [0.2, 0.25) is 0 Å². The van der Waals surface area contributed by atoms with E-state index in [9.17, 15) is 29.1 Å². The Hall–Kier alpha value is -3.15. The number of carbonyl (C=O) groups is 5. The van der Waals surface area contributed by atoms with Crippen molar-refractivity contribution in [3.8, 4) is 0 Å². The molecule has 1 amide bonds. The molecule has 1 aliphatic rings. The topological polar surface area (TPSA) is 164 Å². The van der Waals surface area contributed by atoms with Crippen LogP contribution >= 0.6 is 0 Å². The number of carboxylic acid groups (broad SMARTS) is 1. The van der Waals surface area contributed by atoms with Crippen LogP contribution in [0.5, 0.6) is 0 Å². The van der Waals surface area contributed by atoms with E-state index in [1.807, 2.05) is 0 Å². The molecule has 30 heavy (non-hydrogen) atoms. The van der Waals surface area contributed by atoms with Crippen molar-refractivity contribution in [2.45, 2.75) is 57.6 Å². The molecular formula is C18H25NO11. The molecule has 5 atom stereocenters. The predicted molar refractivity (Wildman–Crippen MR) is 97.1 cm³/mol. The largest absolute Gasteiger partial charge is 0.481 e. The summed E-state index contributed by atoms with van der Waals surface area (Å²) in [5.74, 6) is -3.49. The first kappa shape index (κ1) is 24.9. The molecule has 12 heteroatoms. The molecule has 0 aromatic heterocycles. The SMILES string of the molecule is C=CCOC(=O)N[C@@H]1[C@@H](OC(C)=O)[C@H](OC(C)=O)[C@@H](COC(C)=O)O[C@H]1CC(=O)O. The molecule has 1 heterocycles. The quantitative estimate of drug-likeness (QED) is 0.285. The number of amides is 1. The number of carboxylic acids is 1. The van der Waals surface area contributed by atoms with Crippen LogP contribution in [-0.4, -0.2) is 78.7 Å². The van der Waals surface area contributed by atoms with Gasteiger partial charge in [-0.2, -0.15) is 0 Å². The summed E-state index contributed by atoms with van der Waals surface area (Å²) in [4.78, 5) is 57.9. The maximum absolute atomic E-state index is 12.1. The smallest absolute Gasteiger partial charge is 0.407 e. The van der Waals surface area contributed by atoms with E-state index < -0.39 is 73.5 Å². The van der Waals surface area contributed by atoms with Gasteiger partial charge in [-0.05, 0) is 0 Å². The summed E-state index contributed by atoms with van der Waals surface area (Å²) in [5, 5.41) is 11.6. The van der Waals surface area contributed by atoms with Crippen LogP contribution in [0.25, 0.3) is 0 Å². The normalized spacial score (nSPS) is 25.4. The van der Waals surface area contributed by atoms with E-state index in [0.29, 0.717) is 0 Å². The number of hydrogen-bond acceptors (Lipinski definition) is 10. The van der Waals surface area contributed by atoms with Crippen LogP contribution in [0.2, 0.25) is 0 Å². The van der Waals surface area contributed by atoms with E-state index in [1.54, 1.807) is 0 Å². The van der Waals surface area contributed by atoms with Crippen LogP contribution in [0.1, 0.15) is 27.2 Å². The summed E-state index contributed by atoms with van der Waals surface area (Å²) in [6.45, 7) is 6.18. The van der Waals surface area contributed by atoms with Crippen LogP contribution in [0.4, 0.5) is 4.79 Å². The summed E-state index contributed by atoms with van der Waals surface area (Å²) in [5.41, 5.74) is 0. The highest BCUT2D eigenvalue weighted by atomic mass is 16.6. The van der Waals surface area contributed by atoms with E-state index in [2.05, 4.69) is 11.9 Å². The summed E-state index contributed by atoms with van der Waals surface area (Å²) in [7, 11) is 0. The van der Waals surface area contributed by atoms with Crippen LogP contribution in [0, 0.1) is 0 Å². The Kier molecular flexibility index (Phi) is 9.75.